The largest absolute Gasteiger partial charge is 0.486 e. The fourth-order valence-corrected chi connectivity index (χ4v) is 2.59. The quantitative estimate of drug-likeness (QED) is 0.904. The molecule has 4 nitrogen and oxygen atoms in total. The van der Waals surface area contributed by atoms with Crippen molar-refractivity contribution >= 4 is 23.2 Å². The molecule has 1 aliphatic heterocycles. The molecule has 0 atom stereocenters. The van der Waals surface area contributed by atoms with Crippen LogP contribution in [0.2, 0.25) is 5.02 Å². The Morgan fingerprint density at radius 1 is 1.12 bits per heavy atom. The van der Waals surface area contributed by atoms with E-state index in [4.69, 9.17) is 21.1 Å². The van der Waals surface area contributed by atoms with E-state index < -0.39 is 11.2 Å². The van der Waals surface area contributed by atoms with E-state index in [-0.39, 0.29) is 16.6 Å². The Morgan fingerprint density at radius 2 is 1.83 bits per heavy atom. The van der Waals surface area contributed by atoms with Gasteiger partial charge in [-0.3, -0.25) is 4.79 Å². The summed E-state index contributed by atoms with van der Waals surface area (Å²) in [5.74, 6) is 0.358. The summed E-state index contributed by atoms with van der Waals surface area (Å²) in [7, 11) is 0. The molecule has 0 unspecified atom stereocenters. The molecule has 0 aromatic heterocycles. The molecule has 1 heterocycles. The summed E-state index contributed by atoms with van der Waals surface area (Å²) in [6.45, 7) is 4.51. The highest BCUT2D eigenvalue weighted by Gasteiger charge is 2.31. The third kappa shape index (κ3) is 3.17. The number of amides is 1. The van der Waals surface area contributed by atoms with Crippen molar-refractivity contribution in [3.05, 3.63) is 52.8 Å². The predicted octanol–water partition coefficient (Wildman–Crippen LogP) is 4.17. The number of hydrogen-bond donors (Lipinski definition) is 1. The lowest BCUT2D eigenvalue weighted by molar-refractivity contribution is -0.120. The summed E-state index contributed by atoms with van der Waals surface area (Å²) < 4.78 is 24.9. The smallest absolute Gasteiger partial charge is 0.234 e. The molecule has 0 fully saturated rings. The monoisotopic (exact) mass is 349 g/mol. The first kappa shape index (κ1) is 16.6. The van der Waals surface area contributed by atoms with Crippen molar-refractivity contribution in [3.63, 3.8) is 0 Å². The second-order valence-corrected chi connectivity index (χ2v) is 6.50. The topological polar surface area (TPSA) is 47.6 Å². The van der Waals surface area contributed by atoms with Crippen LogP contribution in [0.25, 0.3) is 0 Å². The number of fused-ring (bicyclic) bond motifs is 1. The standard InChI is InChI=1S/C18H17ClFNO3/c1-18(2,11-3-6-15-16(9-11)24-8-7-23-15)17(22)21-14-5-4-12(19)10-13(14)20/h3-6,9-10H,7-8H2,1-2H3,(H,21,22). The van der Waals surface area contributed by atoms with Crippen LogP contribution in [-0.4, -0.2) is 19.1 Å². The van der Waals surface area contributed by atoms with Crippen LogP contribution in [0.5, 0.6) is 11.5 Å². The van der Waals surface area contributed by atoms with Gasteiger partial charge in [0.1, 0.15) is 19.0 Å². The first-order valence-electron chi connectivity index (χ1n) is 7.54. The predicted molar refractivity (Wildman–Crippen MR) is 90.5 cm³/mol. The molecule has 0 saturated heterocycles. The Bertz CT molecular complexity index is 792. The molecule has 126 valence electrons. The summed E-state index contributed by atoms with van der Waals surface area (Å²) in [6, 6.07) is 9.50. The zero-order chi connectivity index (χ0) is 17.3. The fourth-order valence-electron chi connectivity index (χ4n) is 2.43. The summed E-state index contributed by atoms with van der Waals surface area (Å²) in [5, 5.41) is 2.89. The van der Waals surface area contributed by atoms with Crippen LogP contribution in [-0.2, 0) is 10.2 Å². The Kier molecular flexibility index (Phi) is 4.37. The first-order chi connectivity index (χ1) is 11.4. The minimum absolute atomic E-state index is 0.0926. The van der Waals surface area contributed by atoms with Crippen LogP contribution >= 0.6 is 11.6 Å². The van der Waals surface area contributed by atoms with Gasteiger partial charge in [-0.25, -0.2) is 4.39 Å². The number of carbonyl (C=O) groups is 1. The zero-order valence-corrected chi connectivity index (χ0v) is 14.1. The second-order valence-electron chi connectivity index (χ2n) is 6.06. The van der Waals surface area contributed by atoms with Crippen molar-refractivity contribution in [2.45, 2.75) is 19.3 Å². The molecule has 2 aromatic carbocycles. The number of anilines is 1. The molecular formula is C18H17ClFNO3. The lowest BCUT2D eigenvalue weighted by Crippen LogP contribution is -2.35. The van der Waals surface area contributed by atoms with Crippen molar-refractivity contribution in [3.8, 4) is 11.5 Å². The molecular weight excluding hydrogens is 333 g/mol. The van der Waals surface area contributed by atoms with Gasteiger partial charge in [0.05, 0.1) is 11.1 Å². The summed E-state index contributed by atoms with van der Waals surface area (Å²) in [4.78, 5) is 12.7. The summed E-state index contributed by atoms with van der Waals surface area (Å²) in [5.41, 5.74) is -0.0457. The van der Waals surface area contributed by atoms with E-state index in [0.717, 1.165) is 11.6 Å². The van der Waals surface area contributed by atoms with Gasteiger partial charge >= 0.3 is 0 Å². The maximum Gasteiger partial charge on any atom is 0.234 e. The third-order valence-electron chi connectivity index (χ3n) is 4.01. The SMILES string of the molecule is CC(C)(C(=O)Nc1ccc(Cl)cc1F)c1ccc2c(c1)OCCO2. The van der Waals surface area contributed by atoms with E-state index in [0.29, 0.717) is 24.7 Å². The Hall–Kier alpha value is -2.27. The molecule has 0 bridgehead atoms. The number of hydrogen-bond acceptors (Lipinski definition) is 3. The number of nitrogens with one attached hydrogen (secondary N) is 1. The van der Waals surface area contributed by atoms with E-state index in [1.165, 1.54) is 12.1 Å². The highest BCUT2D eigenvalue weighted by molar-refractivity contribution is 6.30. The van der Waals surface area contributed by atoms with Gasteiger partial charge in [0.2, 0.25) is 5.91 Å². The van der Waals surface area contributed by atoms with Gasteiger partial charge in [-0.05, 0) is 49.7 Å². The average Bonchev–Trinajstić information content (AvgIpc) is 2.56. The van der Waals surface area contributed by atoms with Gasteiger partial charge in [-0.15, -0.1) is 0 Å². The first-order valence-corrected chi connectivity index (χ1v) is 7.92. The molecule has 0 spiro atoms. The van der Waals surface area contributed by atoms with Crippen LogP contribution < -0.4 is 14.8 Å². The normalized spacial score (nSPS) is 13.5. The lowest BCUT2D eigenvalue weighted by Gasteiger charge is -2.26. The number of halogens is 2. The van der Waals surface area contributed by atoms with Crippen molar-refractivity contribution < 1.29 is 18.7 Å². The van der Waals surface area contributed by atoms with Crippen LogP contribution in [0.15, 0.2) is 36.4 Å². The lowest BCUT2D eigenvalue weighted by atomic mass is 9.83. The molecule has 1 aliphatic rings. The zero-order valence-electron chi connectivity index (χ0n) is 13.4. The van der Waals surface area contributed by atoms with Gasteiger partial charge in [0.15, 0.2) is 11.5 Å². The molecule has 3 rings (SSSR count). The van der Waals surface area contributed by atoms with Gasteiger partial charge in [-0.2, -0.15) is 0 Å². The van der Waals surface area contributed by atoms with Crippen molar-refractivity contribution in [2.24, 2.45) is 0 Å². The van der Waals surface area contributed by atoms with Crippen LogP contribution in [0.4, 0.5) is 10.1 Å². The van der Waals surface area contributed by atoms with Crippen molar-refractivity contribution in [1.29, 1.82) is 0 Å². The molecule has 6 heteroatoms. The van der Waals surface area contributed by atoms with Crippen molar-refractivity contribution in [2.75, 3.05) is 18.5 Å². The van der Waals surface area contributed by atoms with E-state index in [1.54, 1.807) is 26.0 Å². The summed E-state index contributed by atoms with van der Waals surface area (Å²) >= 11 is 5.73. The van der Waals surface area contributed by atoms with Gasteiger partial charge < -0.3 is 14.8 Å². The number of benzene rings is 2. The second kappa shape index (κ2) is 6.32. The van der Waals surface area contributed by atoms with Gasteiger partial charge in [0, 0.05) is 5.02 Å². The Balaban J connectivity index is 1.85. The molecule has 1 N–H and O–H groups in total. The number of ether oxygens (including phenoxy) is 2. The molecule has 0 radical (unpaired) electrons. The highest BCUT2D eigenvalue weighted by Crippen LogP contribution is 2.35. The average molecular weight is 350 g/mol. The summed E-state index contributed by atoms with van der Waals surface area (Å²) in [6.07, 6.45) is 0. The maximum absolute atomic E-state index is 13.9. The van der Waals surface area contributed by atoms with Crippen LogP contribution in [0.1, 0.15) is 19.4 Å². The molecule has 24 heavy (non-hydrogen) atoms. The minimum Gasteiger partial charge on any atom is -0.486 e. The highest BCUT2D eigenvalue weighted by atomic mass is 35.5. The minimum atomic E-state index is -0.887. The Labute approximate surface area is 144 Å². The Morgan fingerprint density at radius 3 is 2.54 bits per heavy atom. The molecule has 0 saturated carbocycles. The van der Waals surface area contributed by atoms with Crippen LogP contribution in [0.3, 0.4) is 0 Å². The molecule has 0 aliphatic carbocycles. The van der Waals surface area contributed by atoms with E-state index in [1.807, 2.05) is 6.07 Å². The molecule has 1 amide bonds. The third-order valence-corrected chi connectivity index (χ3v) is 4.25. The van der Waals surface area contributed by atoms with Gasteiger partial charge in [0.25, 0.3) is 0 Å². The molecule has 2 aromatic rings. The fraction of sp³-hybridized carbons (Fsp3) is 0.278. The number of carbonyl (C=O) groups excluding carboxylic acids is 1. The number of rotatable bonds is 3. The van der Waals surface area contributed by atoms with Gasteiger partial charge in [-0.1, -0.05) is 17.7 Å². The van der Waals surface area contributed by atoms with E-state index >= 15 is 0 Å². The van der Waals surface area contributed by atoms with Crippen LogP contribution in [0, 0.1) is 5.82 Å². The van der Waals surface area contributed by atoms with E-state index in [9.17, 15) is 9.18 Å². The van der Waals surface area contributed by atoms with E-state index in [2.05, 4.69) is 5.32 Å². The van der Waals surface area contributed by atoms with Crippen molar-refractivity contribution in [1.82, 2.24) is 0 Å². The maximum atomic E-state index is 13.9.